The van der Waals surface area contributed by atoms with Gasteiger partial charge in [-0.05, 0) is 15.9 Å². The monoisotopic (exact) mass is 192 g/mol. The summed E-state index contributed by atoms with van der Waals surface area (Å²) in [6.07, 6.45) is -0.321. The van der Waals surface area contributed by atoms with Crippen LogP contribution in [0.4, 0.5) is 0 Å². The molecule has 0 amide bonds. The molecule has 0 aliphatic rings. The first kappa shape index (κ1) is 2.96. The molecule has 1 heterocycles. The lowest BCUT2D eigenvalue weighted by Gasteiger charge is -1.94. The second-order valence-corrected chi connectivity index (χ2v) is 1.91. The van der Waals surface area contributed by atoms with Gasteiger partial charge in [0.15, 0.2) is 0 Å². The highest BCUT2D eigenvalue weighted by atomic mass is 79.9. The second-order valence-electron chi connectivity index (χ2n) is 1.16. The van der Waals surface area contributed by atoms with E-state index in [9.17, 15) is 0 Å². The molecule has 0 aliphatic carbocycles. The number of nitrogens with zero attached hydrogens (tertiary/aromatic N) is 2. The Balaban J connectivity index is 3.05. The van der Waals surface area contributed by atoms with Crippen molar-refractivity contribution in [3.05, 3.63) is 16.9 Å². The molecule has 0 N–H and O–H groups in total. The molecular formula is C5H5BrN2O. The van der Waals surface area contributed by atoms with Gasteiger partial charge in [-0.15, -0.1) is 0 Å². The second kappa shape index (κ2) is 2.77. The number of hydrogen-bond acceptors (Lipinski definition) is 3. The van der Waals surface area contributed by atoms with Gasteiger partial charge in [0.1, 0.15) is 12.3 Å². The molecule has 0 saturated heterocycles. The number of methoxy groups -OCH3 is 1. The van der Waals surface area contributed by atoms with Gasteiger partial charge in [-0.3, -0.25) is 0 Å². The van der Waals surface area contributed by atoms with Crippen LogP contribution in [0.25, 0.3) is 0 Å². The van der Waals surface area contributed by atoms with Gasteiger partial charge in [-0.2, -0.15) is 0 Å². The van der Waals surface area contributed by atoms with E-state index >= 15 is 0 Å². The highest BCUT2D eigenvalue weighted by Crippen LogP contribution is 2.09. The third kappa shape index (κ3) is 1.64. The first-order chi connectivity index (χ1) is 6.00. The summed E-state index contributed by atoms with van der Waals surface area (Å²) in [5, 5.41) is 0. The van der Waals surface area contributed by atoms with E-state index < -0.39 is 7.06 Å². The van der Waals surface area contributed by atoms with Gasteiger partial charge in [0.25, 0.3) is 0 Å². The Morgan fingerprint density at radius 2 is 2.78 bits per heavy atom. The molecular weight excluding hydrogens is 184 g/mol. The Hall–Kier alpha value is -0.640. The van der Waals surface area contributed by atoms with Crippen LogP contribution in [0, 0.1) is 0 Å². The molecule has 0 atom stereocenters. The van der Waals surface area contributed by atoms with Crippen molar-refractivity contribution in [1.82, 2.24) is 9.97 Å². The molecule has 4 heteroatoms. The van der Waals surface area contributed by atoms with Gasteiger partial charge in [0.2, 0.25) is 5.88 Å². The molecule has 9 heavy (non-hydrogen) atoms. The highest BCUT2D eigenvalue weighted by molar-refractivity contribution is 9.10. The zero-order chi connectivity index (χ0) is 10.0. The van der Waals surface area contributed by atoms with Gasteiger partial charge < -0.3 is 4.74 Å². The number of rotatable bonds is 1. The molecule has 0 fully saturated rings. The number of halogens is 1. The maximum absolute atomic E-state index is 7.34. The van der Waals surface area contributed by atoms with E-state index in [-0.39, 0.29) is 22.8 Å². The first-order valence-electron chi connectivity index (χ1n) is 4.18. The quantitative estimate of drug-likeness (QED) is 0.629. The van der Waals surface area contributed by atoms with Crippen LogP contribution in [0.1, 0.15) is 5.48 Å². The molecule has 48 valence electrons. The highest BCUT2D eigenvalue weighted by Gasteiger charge is 1.91. The lowest BCUT2D eigenvalue weighted by Crippen LogP contribution is -1.87. The van der Waals surface area contributed by atoms with E-state index in [4.69, 9.17) is 5.48 Å². The molecule has 0 bridgehead atoms. The fourth-order valence-electron chi connectivity index (χ4n) is 0.314. The number of ether oxygens (including phenoxy) is 1. The van der Waals surface area contributed by atoms with E-state index in [2.05, 4.69) is 30.6 Å². The lowest BCUT2D eigenvalue weighted by atomic mass is 10.6. The molecule has 0 aliphatic heterocycles. The predicted molar refractivity (Wildman–Crippen MR) is 36.3 cm³/mol. The van der Waals surface area contributed by atoms with Crippen molar-refractivity contribution in [2.75, 3.05) is 7.06 Å². The average molecular weight is 193 g/mol. The van der Waals surface area contributed by atoms with Gasteiger partial charge >= 0.3 is 0 Å². The fourth-order valence-corrected chi connectivity index (χ4v) is 0.563. The molecule has 1 rings (SSSR count). The van der Waals surface area contributed by atoms with Crippen LogP contribution in [0.15, 0.2) is 16.9 Å². The third-order valence-electron chi connectivity index (χ3n) is 0.621. The van der Waals surface area contributed by atoms with Crippen molar-refractivity contribution < 1.29 is 10.2 Å². The summed E-state index contributed by atoms with van der Waals surface area (Å²) < 4.78 is 32.6. The number of hydrogen-bond donors (Lipinski definition) is 0. The summed E-state index contributed by atoms with van der Waals surface area (Å²) >= 11 is 2.93. The topological polar surface area (TPSA) is 35.0 Å². The van der Waals surface area contributed by atoms with E-state index in [0.29, 0.717) is 0 Å². The summed E-state index contributed by atoms with van der Waals surface area (Å²) in [5.74, 6) is -0.234. The third-order valence-corrected chi connectivity index (χ3v) is 0.997. The summed E-state index contributed by atoms with van der Waals surface area (Å²) in [7, 11) is -1.56. The minimum absolute atomic E-state index is 0.114. The van der Waals surface area contributed by atoms with E-state index in [1.807, 2.05) is 0 Å². The summed E-state index contributed by atoms with van der Waals surface area (Å²) in [6.45, 7) is 0. The van der Waals surface area contributed by atoms with E-state index in [0.717, 1.165) is 0 Å². The van der Waals surface area contributed by atoms with Crippen LogP contribution < -0.4 is 4.74 Å². The fraction of sp³-hybridized carbons (Fsp3) is 0.200. The van der Waals surface area contributed by atoms with Crippen molar-refractivity contribution in [2.45, 2.75) is 0 Å². The Kier molecular flexibility index (Phi) is 0.914. The van der Waals surface area contributed by atoms with Crippen molar-refractivity contribution in [3.8, 4) is 5.88 Å². The molecule has 0 aromatic carbocycles. The maximum Gasteiger partial charge on any atom is 0.217 e. The summed E-state index contributed by atoms with van der Waals surface area (Å²) in [4.78, 5) is 6.97. The summed E-state index contributed by atoms with van der Waals surface area (Å²) in [6, 6.07) is -0.166. The summed E-state index contributed by atoms with van der Waals surface area (Å²) in [5.41, 5.74) is 0. The maximum atomic E-state index is 7.34. The Bertz CT molecular complexity index is 322. The molecule has 0 saturated carbocycles. The van der Waals surface area contributed by atoms with Gasteiger partial charge in [-0.1, -0.05) is 0 Å². The van der Waals surface area contributed by atoms with Gasteiger partial charge in [-0.25, -0.2) is 9.97 Å². The SMILES string of the molecule is [2H]c1nc(Br)c([2H])c(OC([2H])[2H])n1. The van der Waals surface area contributed by atoms with Crippen LogP contribution >= 0.6 is 15.9 Å². The van der Waals surface area contributed by atoms with Crippen LogP contribution in [0.5, 0.6) is 5.88 Å². The zero-order valence-corrected chi connectivity index (χ0v) is 5.84. The van der Waals surface area contributed by atoms with E-state index in [1.54, 1.807) is 0 Å². The van der Waals surface area contributed by atoms with Crippen molar-refractivity contribution in [3.63, 3.8) is 0 Å². The Labute approximate surface area is 66.8 Å². The lowest BCUT2D eigenvalue weighted by molar-refractivity contribution is 0.396. The van der Waals surface area contributed by atoms with Crippen molar-refractivity contribution >= 4 is 15.9 Å². The molecule has 0 spiro atoms. The first-order valence-corrected chi connectivity index (χ1v) is 2.82. The van der Waals surface area contributed by atoms with Crippen LogP contribution in [0.3, 0.4) is 0 Å². The normalized spacial score (nSPS) is 15.8. The smallest absolute Gasteiger partial charge is 0.217 e. The van der Waals surface area contributed by atoms with Crippen LogP contribution in [-0.4, -0.2) is 17.0 Å². The molecule has 3 nitrogen and oxygen atoms in total. The van der Waals surface area contributed by atoms with Crippen LogP contribution in [0.2, 0.25) is 0 Å². The zero-order valence-electron chi connectivity index (χ0n) is 8.26. The molecule has 1 aromatic heterocycles. The van der Waals surface area contributed by atoms with Crippen molar-refractivity contribution in [2.24, 2.45) is 0 Å². The standard InChI is InChI=1S/C5H5BrN2O/c1-9-5-2-4(6)7-3-8-5/h2-3H,1H3/i1D2,2D,3D. The molecule has 0 unspecified atom stereocenters. The number of aromatic nitrogens is 2. The Morgan fingerprint density at radius 3 is 3.56 bits per heavy atom. The Morgan fingerprint density at radius 1 is 1.89 bits per heavy atom. The minimum Gasteiger partial charge on any atom is -0.481 e. The van der Waals surface area contributed by atoms with Gasteiger partial charge in [0.05, 0.1) is 11.2 Å². The largest absolute Gasteiger partial charge is 0.481 e. The molecule has 1 aromatic rings. The average Bonchev–Trinajstić information content (AvgIpc) is 1.98. The van der Waals surface area contributed by atoms with Crippen molar-refractivity contribution in [1.29, 1.82) is 0 Å². The minimum atomic E-state index is -1.56. The molecule has 0 radical (unpaired) electrons. The van der Waals surface area contributed by atoms with Gasteiger partial charge in [0, 0.05) is 6.04 Å². The van der Waals surface area contributed by atoms with Crippen LogP contribution in [-0.2, 0) is 0 Å². The van der Waals surface area contributed by atoms with E-state index in [1.165, 1.54) is 0 Å². The predicted octanol–water partition coefficient (Wildman–Crippen LogP) is 1.25.